The number of ether oxygens (including phenoxy) is 3. The van der Waals surface area contributed by atoms with Crippen LogP contribution in [0.15, 0.2) is 30.3 Å². The first-order valence-electron chi connectivity index (χ1n) is 12.3. The lowest BCUT2D eigenvalue weighted by Crippen LogP contribution is -2.49. The number of rotatable bonds is 7. The summed E-state index contributed by atoms with van der Waals surface area (Å²) in [5.41, 5.74) is 0.190. The maximum atomic E-state index is 12.9. The molecule has 0 bridgehead atoms. The summed E-state index contributed by atoms with van der Waals surface area (Å²) in [5, 5.41) is 0. The van der Waals surface area contributed by atoms with Gasteiger partial charge in [-0.1, -0.05) is 51.1 Å². The van der Waals surface area contributed by atoms with Crippen LogP contribution in [-0.2, 0) is 20.6 Å². The number of amides is 3. The fourth-order valence-electron chi connectivity index (χ4n) is 5.23. The predicted octanol–water partition coefficient (Wildman–Crippen LogP) is 3.90. The lowest BCUT2D eigenvalue weighted by atomic mass is 9.86. The smallest absolute Gasteiger partial charge is 0.410 e. The van der Waals surface area contributed by atoms with Gasteiger partial charge in [0.1, 0.15) is 18.3 Å². The summed E-state index contributed by atoms with van der Waals surface area (Å²) in [6, 6.07) is 9.44. The zero-order valence-electron chi connectivity index (χ0n) is 21.5. The molecule has 0 aromatic heterocycles. The van der Waals surface area contributed by atoms with Crippen molar-refractivity contribution in [3.8, 4) is 0 Å². The number of nitrogens with zero attached hydrogens (tertiary/aromatic N) is 3. The van der Waals surface area contributed by atoms with Gasteiger partial charge in [0.15, 0.2) is 0 Å². The molecular weight excluding hydrogens is 450 g/mol. The Hall–Kier alpha value is -2.97. The molecular formula is C26H37N3O6. The summed E-state index contributed by atoms with van der Waals surface area (Å²) in [5.74, 6) is 0. The summed E-state index contributed by atoms with van der Waals surface area (Å²) >= 11 is 0. The average molecular weight is 488 g/mol. The van der Waals surface area contributed by atoms with Crippen molar-refractivity contribution < 1.29 is 28.6 Å². The highest BCUT2D eigenvalue weighted by molar-refractivity contribution is 5.73. The monoisotopic (exact) mass is 487 g/mol. The van der Waals surface area contributed by atoms with Crippen molar-refractivity contribution in [2.45, 2.75) is 77.3 Å². The first-order valence-corrected chi connectivity index (χ1v) is 12.3. The van der Waals surface area contributed by atoms with Crippen LogP contribution in [-0.4, -0.2) is 89.6 Å². The molecule has 9 nitrogen and oxygen atoms in total. The maximum Gasteiger partial charge on any atom is 0.410 e. The SMILES string of the molecule is C[C@@H]1N(CC2OC(=O)N(C)[C@H]2Cc2ccccc2)C(=O)OC1(C)CCN1C(=O)OCC1C(C)(C)C. The average Bonchev–Trinajstić information content (AvgIpc) is 3.37. The van der Waals surface area contributed by atoms with Gasteiger partial charge in [0, 0.05) is 20.0 Å². The van der Waals surface area contributed by atoms with Gasteiger partial charge >= 0.3 is 18.3 Å². The van der Waals surface area contributed by atoms with E-state index >= 15 is 0 Å². The molecule has 9 heteroatoms. The molecule has 3 aliphatic heterocycles. The van der Waals surface area contributed by atoms with Crippen molar-refractivity contribution >= 4 is 18.3 Å². The van der Waals surface area contributed by atoms with Gasteiger partial charge in [0.05, 0.1) is 24.7 Å². The van der Waals surface area contributed by atoms with E-state index in [9.17, 15) is 14.4 Å². The van der Waals surface area contributed by atoms with E-state index in [4.69, 9.17) is 14.2 Å². The van der Waals surface area contributed by atoms with Crippen LogP contribution in [0.2, 0.25) is 0 Å². The summed E-state index contributed by atoms with van der Waals surface area (Å²) < 4.78 is 16.8. The molecule has 3 heterocycles. The number of cyclic esters (lactones) is 3. The highest BCUT2D eigenvalue weighted by Crippen LogP contribution is 2.36. The Kier molecular flexibility index (Phi) is 6.64. The van der Waals surface area contributed by atoms with Gasteiger partial charge in [0.25, 0.3) is 0 Å². The Morgan fingerprint density at radius 1 is 1.03 bits per heavy atom. The minimum absolute atomic E-state index is 0.0331. The molecule has 3 unspecified atom stereocenters. The number of benzene rings is 1. The highest BCUT2D eigenvalue weighted by atomic mass is 16.6. The topological polar surface area (TPSA) is 88.6 Å². The molecule has 35 heavy (non-hydrogen) atoms. The lowest BCUT2D eigenvalue weighted by Gasteiger charge is -2.35. The number of hydrogen-bond donors (Lipinski definition) is 0. The highest BCUT2D eigenvalue weighted by Gasteiger charge is 2.52. The van der Waals surface area contributed by atoms with Crippen molar-refractivity contribution in [2.24, 2.45) is 5.41 Å². The molecule has 3 fully saturated rings. The molecule has 0 N–H and O–H groups in total. The Balaban J connectivity index is 1.43. The maximum absolute atomic E-state index is 12.9. The molecule has 4 rings (SSSR count). The number of carbonyl (C=O) groups is 3. The van der Waals surface area contributed by atoms with Crippen LogP contribution in [0.5, 0.6) is 0 Å². The molecule has 3 saturated heterocycles. The van der Waals surface area contributed by atoms with E-state index < -0.39 is 17.8 Å². The number of likely N-dealkylation sites (N-methyl/N-ethyl adjacent to an activating group) is 1. The van der Waals surface area contributed by atoms with Gasteiger partial charge in [-0.3, -0.25) is 4.90 Å². The Morgan fingerprint density at radius 2 is 1.71 bits per heavy atom. The molecule has 0 aliphatic carbocycles. The van der Waals surface area contributed by atoms with Gasteiger partial charge in [0.2, 0.25) is 0 Å². The van der Waals surface area contributed by atoms with Gasteiger partial charge in [-0.2, -0.15) is 0 Å². The molecule has 0 spiro atoms. The molecule has 1 aromatic carbocycles. The fourth-order valence-corrected chi connectivity index (χ4v) is 5.23. The normalized spacial score (nSPS) is 31.1. The van der Waals surface area contributed by atoms with Crippen LogP contribution in [0.3, 0.4) is 0 Å². The second-order valence-electron chi connectivity index (χ2n) is 11.2. The standard InChI is InChI=1S/C26H37N3O6/c1-17-26(5,12-13-28-21(25(2,3)4)16-33-23(28)31)35-24(32)29(17)15-20-19(27(6)22(30)34-20)14-18-10-8-7-9-11-18/h7-11,17,19-21H,12-16H2,1-6H3/t17-,19-,20?,21?,26?/m0/s1. The van der Waals surface area contributed by atoms with Crippen molar-refractivity contribution in [3.63, 3.8) is 0 Å². The summed E-state index contributed by atoms with van der Waals surface area (Å²) in [4.78, 5) is 42.7. The Morgan fingerprint density at radius 3 is 2.37 bits per heavy atom. The number of carbonyl (C=O) groups excluding carboxylic acids is 3. The van der Waals surface area contributed by atoms with E-state index in [-0.39, 0.29) is 42.3 Å². The second-order valence-corrected chi connectivity index (χ2v) is 11.2. The number of hydrogen-bond acceptors (Lipinski definition) is 6. The Labute approximate surface area is 207 Å². The predicted molar refractivity (Wildman–Crippen MR) is 129 cm³/mol. The van der Waals surface area contributed by atoms with E-state index in [0.29, 0.717) is 26.0 Å². The minimum Gasteiger partial charge on any atom is -0.447 e. The molecule has 1 aromatic rings. The van der Waals surface area contributed by atoms with Gasteiger partial charge < -0.3 is 24.0 Å². The van der Waals surface area contributed by atoms with E-state index in [0.717, 1.165) is 5.56 Å². The zero-order valence-corrected chi connectivity index (χ0v) is 21.5. The molecule has 5 atom stereocenters. The first-order chi connectivity index (χ1) is 16.4. The van der Waals surface area contributed by atoms with Gasteiger partial charge in [-0.05, 0) is 31.2 Å². The third-order valence-electron chi connectivity index (χ3n) is 7.86. The third kappa shape index (κ3) is 4.90. The largest absolute Gasteiger partial charge is 0.447 e. The van der Waals surface area contributed by atoms with E-state index in [2.05, 4.69) is 20.8 Å². The van der Waals surface area contributed by atoms with Crippen LogP contribution in [0, 0.1) is 5.41 Å². The quantitative estimate of drug-likeness (QED) is 0.542. The molecule has 3 amide bonds. The van der Waals surface area contributed by atoms with Crippen LogP contribution in [0.1, 0.15) is 46.6 Å². The van der Waals surface area contributed by atoms with Crippen molar-refractivity contribution in [1.82, 2.24) is 14.7 Å². The second kappa shape index (κ2) is 9.24. The van der Waals surface area contributed by atoms with E-state index in [1.54, 1.807) is 21.7 Å². The van der Waals surface area contributed by atoms with Crippen LogP contribution in [0.25, 0.3) is 0 Å². The van der Waals surface area contributed by atoms with Crippen LogP contribution >= 0.6 is 0 Å². The van der Waals surface area contributed by atoms with E-state index in [1.807, 2.05) is 44.2 Å². The van der Waals surface area contributed by atoms with Crippen molar-refractivity contribution in [3.05, 3.63) is 35.9 Å². The van der Waals surface area contributed by atoms with Gasteiger partial charge in [-0.15, -0.1) is 0 Å². The molecule has 192 valence electrons. The summed E-state index contributed by atoms with van der Waals surface area (Å²) in [6.07, 6.45) is -0.500. The molecule has 0 saturated carbocycles. The fraction of sp³-hybridized carbons (Fsp3) is 0.654. The van der Waals surface area contributed by atoms with Crippen molar-refractivity contribution in [1.29, 1.82) is 0 Å². The van der Waals surface area contributed by atoms with E-state index in [1.165, 1.54) is 0 Å². The summed E-state index contributed by atoms with van der Waals surface area (Å²) in [7, 11) is 1.73. The van der Waals surface area contributed by atoms with Crippen LogP contribution in [0.4, 0.5) is 14.4 Å². The molecule has 0 radical (unpaired) electrons. The third-order valence-corrected chi connectivity index (χ3v) is 7.86. The Bertz CT molecular complexity index is 964. The van der Waals surface area contributed by atoms with Crippen molar-refractivity contribution in [2.75, 3.05) is 26.7 Å². The summed E-state index contributed by atoms with van der Waals surface area (Å²) in [6.45, 7) is 11.1. The lowest BCUT2D eigenvalue weighted by molar-refractivity contribution is 0.0343. The molecule has 3 aliphatic rings. The minimum atomic E-state index is -0.786. The van der Waals surface area contributed by atoms with Gasteiger partial charge in [-0.25, -0.2) is 14.4 Å². The zero-order chi connectivity index (χ0) is 25.5. The van der Waals surface area contributed by atoms with Crippen LogP contribution < -0.4 is 0 Å². The first kappa shape index (κ1) is 25.1.